The SMILES string of the molecule is C=CCOCC(NC(=O)COc1ccc(C(C)C)cc1)C(=O)O. The molecule has 0 fully saturated rings. The molecule has 1 atom stereocenters. The molecule has 1 aromatic rings. The van der Waals surface area contributed by atoms with Crippen LogP contribution in [0.5, 0.6) is 5.75 Å². The van der Waals surface area contributed by atoms with Crippen molar-refractivity contribution >= 4 is 11.9 Å². The molecule has 126 valence electrons. The van der Waals surface area contributed by atoms with Crippen LogP contribution in [0.4, 0.5) is 0 Å². The zero-order valence-electron chi connectivity index (χ0n) is 13.5. The summed E-state index contributed by atoms with van der Waals surface area (Å²) in [4.78, 5) is 22.8. The van der Waals surface area contributed by atoms with Crippen LogP contribution < -0.4 is 10.1 Å². The Morgan fingerprint density at radius 3 is 2.48 bits per heavy atom. The van der Waals surface area contributed by atoms with E-state index in [4.69, 9.17) is 14.6 Å². The fraction of sp³-hybridized carbons (Fsp3) is 0.412. The van der Waals surface area contributed by atoms with Crippen LogP contribution in [-0.4, -0.2) is 42.8 Å². The zero-order chi connectivity index (χ0) is 17.2. The third kappa shape index (κ3) is 6.97. The number of carbonyl (C=O) groups is 2. The lowest BCUT2D eigenvalue weighted by Crippen LogP contribution is -2.45. The lowest BCUT2D eigenvalue weighted by atomic mass is 10.0. The van der Waals surface area contributed by atoms with Crippen LogP contribution >= 0.6 is 0 Å². The summed E-state index contributed by atoms with van der Waals surface area (Å²) in [6.07, 6.45) is 1.50. The molecule has 0 aliphatic rings. The van der Waals surface area contributed by atoms with Gasteiger partial charge in [0.25, 0.3) is 5.91 Å². The molecule has 6 nitrogen and oxygen atoms in total. The Morgan fingerprint density at radius 1 is 1.30 bits per heavy atom. The van der Waals surface area contributed by atoms with Crippen molar-refractivity contribution in [3.05, 3.63) is 42.5 Å². The van der Waals surface area contributed by atoms with Crippen molar-refractivity contribution in [2.75, 3.05) is 19.8 Å². The minimum Gasteiger partial charge on any atom is -0.484 e. The van der Waals surface area contributed by atoms with Crippen LogP contribution in [0.1, 0.15) is 25.3 Å². The number of benzene rings is 1. The highest BCUT2D eigenvalue weighted by Crippen LogP contribution is 2.18. The normalized spacial score (nSPS) is 11.8. The molecule has 1 rings (SSSR count). The third-order valence-electron chi connectivity index (χ3n) is 3.07. The van der Waals surface area contributed by atoms with Crippen molar-refractivity contribution in [2.45, 2.75) is 25.8 Å². The van der Waals surface area contributed by atoms with Gasteiger partial charge in [0.15, 0.2) is 12.6 Å². The van der Waals surface area contributed by atoms with E-state index in [0.717, 1.165) is 0 Å². The van der Waals surface area contributed by atoms with E-state index in [1.165, 1.54) is 11.6 Å². The molecule has 0 aromatic heterocycles. The second-order valence-electron chi connectivity index (χ2n) is 5.30. The average molecular weight is 321 g/mol. The molecule has 0 spiro atoms. The standard InChI is InChI=1S/C17H23NO5/c1-4-9-22-10-15(17(20)21)18-16(19)11-23-14-7-5-13(6-8-14)12(2)3/h4-8,12,15H,1,9-11H2,2-3H3,(H,18,19)(H,20,21). The van der Waals surface area contributed by atoms with E-state index < -0.39 is 17.9 Å². The van der Waals surface area contributed by atoms with Gasteiger partial charge in [-0.1, -0.05) is 32.1 Å². The van der Waals surface area contributed by atoms with E-state index in [1.54, 1.807) is 12.1 Å². The zero-order valence-corrected chi connectivity index (χ0v) is 13.5. The van der Waals surface area contributed by atoms with Gasteiger partial charge in [-0.15, -0.1) is 6.58 Å². The topological polar surface area (TPSA) is 84.9 Å². The van der Waals surface area contributed by atoms with Gasteiger partial charge in [-0.05, 0) is 23.6 Å². The summed E-state index contributed by atoms with van der Waals surface area (Å²) in [5, 5.41) is 11.4. The molecule has 1 unspecified atom stereocenters. The lowest BCUT2D eigenvalue weighted by Gasteiger charge is -2.15. The van der Waals surface area contributed by atoms with E-state index in [0.29, 0.717) is 11.7 Å². The lowest BCUT2D eigenvalue weighted by molar-refractivity contribution is -0.143. The Balaban J connectivity index is 2.45. The van der Waals surface area contributed by atoms with Crippen LogP contribution in [0, 0.1) is 0 Å². The Morgan fingerprint density at radius 2 is 1.96 bits per heavy atom. The van der Waals surface area contributed by atoms with Gasteiger partial charge in [0.05, 0.1) is 13.2 Å². The van der Waals surface area contributed by atoms with Crippen LogP contribution in [0.3, 0.4) is 0 Å². The number of aliphatic carboxylic acids is 1. The number of ether oxygens (including phenoxy) is 2. The smallest absolute Gasteiger partial charge is 0.328 e. The van der Waals surface area contributed by atoms with Crippen LogP contribution in [0.25, 0.3) is 0 Å². The van der Waals surface area contributed by atoms with E-state index >= 15 is 0 Å². The molecule has 6 heteroatoms. The maximum atomic E-state index is 11.8. The molecule has 2 N–H and O–H groups in total. The monoisotopic (exact) mass is 321 g/mol. The number of amides is 1. The first-order chi connectivity index (χ1) is 10.9. The Labute approximate surface area is 136 Å². The predicted molar refractivity (Wildman–Crippen MR) is 86.6 cm³/mol. The number of carboxylic acid groups (broad SMARTS) is 1. The van der Waals surface area contributed by atoms with Crippen LogP contribution in [0.2, 0.25) is 0 Å². The Kier molecular flexibility index (Phi) is 7.83. The molecule has 0 aliphatic heterocycles. The fourth-order valence-corrected chi connectivity index (χ4v) is 1.78. The quantitative estimate of drug-likeness (QED) is 0.508. The van der Waals surface area contributed by atoms with E-state index in [-0.39, 0.29) is 19.8 Å². The summed E-state index contributed by atoms with van der Waals surface area (Å²) >= 11 is 0. The molecule has 0 heterocycles. The summed E-state index contributed by atoms with van der Waals surface area (Å²) in [5.74, 6) is -0.713. The van der Waals surface area contributed by atoms with Gasteiger partial charge in [0.1, 0.15) is 5.75 Å². The van der Waals surface area contributed by atoms with Crippen molar-refractivity contribution in [2.24, 2.45) is 0 Å². The molecule has 1 aromatic carbocycles. The largest absolute Gasteiger partial charge is 0.484 e. The average Bonchev–Trinajstić information content (AvgIpc) is 2.52. The Bertz CT molecular complexity index is 524. The molecule has 1 amide bonds. The number of carboxylic acids is 1. The van der Waals surface area contributed by atoms with Crippen LogP contribution in [0.15, 0.2) is 36.9 Å². The van der Waals surface area contributed by atoms with Gasteiger partial charge >= 0.3 is 5.97 Å². The van der Waals surface area contributed by atoms with Crippen molar-refractivity contribution in [3.8, 4) is 5.75 Å². The van der Waals surface area contributed by atoms with Gasteiger partial charge < -0.3 is 19.9 Å². The molecular weight excluding hydrogens is 298 g/mol. The van der Waals surface area contributed by atoms with E-state index in [2.05, 4.69) is 25.7 Å². The number of rotatable bonds is 10. The van der Waals surface area contributed by atoms with E-state index in [9.17, 15) is 9.59 Å². The van der Waals surface area contributed by atoms with E-state index in [1.807, 2.05) is 12.1 Å². The molecule has 0 saturated heterocycles. The van der Waals surface area contributed by atoms with Gasteiger partial charge in [0.2, 0.25) is 0 Å². The molecule has 0 bridgehead atoms. The van der Waals surface area contributed by atoms with Crippen molar-refractivity contribution in [1.29, 1.82) is 0 Å². The summed E-state index contributed by atoms with van der Waals surface area (Å²) in [7, 11) is 0. The molecule has 23 heavy (non-hydrogen) atoms. The second-order valence-corrected chi connectivity index (χ2v) is 5.30. The number of carbonyl (C=O) groups excluding carboxylic acids is 1. The molecule has 0 radical (unpaired) electrons. The van der Waals surface area contributed by atoms with Crippen LogP contribution in [-0.2, 0) is 14.3 Å². The summed E-state index contributed by atoms with van der Waals surface area (Å²) in [6, 6.07) is 6.31. The highest BCUT2D eigenvalue weighted by Gasteiger charge is 2.20. The number of hydrogen-bond acceptors (Lipinski definition) is 4. The number of nitrogens with one attached hydrogen (secondary N) is 1. The van der Waals surface area contributed by atoms with Gasteiger partial charge in [-0.25, -0.2) is 4.79 Å². The highest BCUT2D eigenvalue weighted by molar-refractivity contribution is 5.84. The third-order valence-corrected chi connectivity index (χ3v) is 3.07. The second kappa shape index (κ2) is 9.63. The maximum Gasteiger partial charge on any atom is 0.328 e. The fourth-order valence-electron chi connectivity index (χ4n) is 1.78. The Hall–Kier alpha value is -2.34. The first-order valence-electron chi connectivity index (χ1n) is 7.37. The predicted octanol–water partition coefficient (Wildman–Crippen LogP) is 1.96. The summed E-state index contributed by atoms with van der Waals surface area (Å²) < 4.78 is 10.4. The van der Waals surface area contributed by atoms with Gasteiger partial charge in [-0.2, -0.15) is 0 Å². The van der Waals surface area contributed by atoms with Gasteiger partial charge in [0, 0.05) is 0 Å². The number of hydrogen-bond donors (Lipinski definition) is 2. The highest BCUT2D eigenvalue weighted by atomic mass is 16.5. The first kappa shape index (κ1) is 18.7. The summed E-state index contributed by atoms with van der Waals surface area (Å²) in [6.45, 7) is 7.47. The van der Waals surface area contributed by atoms with Crippen molar-refractivity contribution < 1.29 is 24.2 Å². The maximum absolute atomic E-state index is 11.8. The molecular formula is C17H23NO5. The molecule has 0 aliphatic carbocycles. The van der Waals surface area contributed by atoms with Gasteiger partial charge in [-0.3, -0.25) is 4.79 Å². The minimum absolute atomic E-state index is 0.129. The minimum atomic E-state index is -1.16. The first-order valence-corrected chi connectivity index (χ1v) is 7.37. The van der Waals surface area contributed by atoms with Crippen molar-refractivity contribution in [3.63, 3.8) is 0 Å². The summed E-state index contributed by atoms with van der Waals surface area (Å²) in [5.41, 5.74) is 1.17. The van der Waals surface area contributed by atoms with Crippen molar-refractivity contribution in [1.82, 2.24) is 5.32 Å². The molecule has 0 saturated carbocycles.